The van der Waals surface area contributed by atoms with Crippen LogP contribution in [0.5, 0.6) is 0 Å². The third-order valence-electron chi connectivity index (χ3n) is 5.30. The minimum Gasteiger partial charge on any atom is -0.394 e. The summed E-state index contributed by atoms with van der Waals surface area (Å²) in [6.07, 6.45) is 2.59. The Hall–Kier alpha value is -1.74. The largest absolute Gasteiger partial charge is 0.394 e. The zero-order valence-electron chi connectivity index (χ0n) is 14.9. The molecule has 2 aliphatic rings. The van der Waals surface area contributed by atoms with Gasteiger partial charge in [-0.15, -0.1) is 0 Å². The second kappa shape index (κ2) is 6.45. The lowest BCUT2D eigenvalue weighted by Crippen LogP contribution is -2.57. The van der Waals surface area contributed by atoms with E-state index in [2.05, 4.69) is 10.00 Å². The van der Waals surface area contributed by atoms with Crippen LogP contribution in [0.1, 0.15) is 16.8 Å². The van der Waals surface area contributed by atoms with Gasteiger partial charge in [-0.25, -0.2) is 0 Å². The highest BCUT2D eigenvalue weighted by molar-refractivity contribution is 7.89. The second-order valence-corrected chi connectivity index (χ2v) is 8.98. The molecule has 1 aliphatic heterocycles. The molecule has 1 N–H and O–H groups in total. The van der Waals surface area contributed by atoms with Gasteiger partial charge in [-0.3, -0.25) is 4.90 Å². The Morgan fingerprint density at radius 3 is 2.69 bits per heavy atom. The first-order chi connectivity index (χ1) is 12.4. The molecule has 26 heavy (non-hydrogen) atoms. The average molecular weight is 377 g/mol. The lowest BCUT2D eigenvalue weighted by atomic mass is 9.88. The first-order valence-corrected chi connectivity index (χ1v) is 10.2. The normalized spacial score (nSPS) is 26.3. The number of ether oxygens (including phenoxy) is 1. The number of aryl methyl sites for hydroxylation is 1. The summed E-state index contributed by atoms with van der Waals surface area (Å²) in [5.74, 6) is 0. The highest BCUT2D eigenvalue weighted by Gasteiger charge is 2.40. The van der Waals surface area contributed by atoms with Crippen LogP contribution in [0.2, 0.25) is 0 Å². The molecular formula is C18H23N3O4S. The summed E-state index contributed by atoms with van der Waals surface area (Å²) < 4.78 is 32.8. The lowest BCUT2D eigenvalue weighted by Gasteiger charge is -2.44. The van der Waals surface area contributed by atoms with Crippen LogP contribution in [0.3, 0.4) is 0 Å². The first kappa shape index (κ1) is 17.7. The van der Waals surface area contributed by atoms with Gasteiger partial charge in [-0.1, -0.05) is 17.7 Å². The van der Waals surface area contributed by atoms with Gasteiger partial charge in [0.15, 0.2) is 0 Å². The molecule has 1 aromatic carbocycles. The lowest BCUT2D eigenvalue weighted by molar-refractivity contribution is -0.129. The summed E-state index contributed by atoms with van der Waals surface area (Å²) in [6, 6.07) is 6.94. The number of aliphatic hydroxyl groups is 1. The maximum atomic E-state index is 12.9. The van der Waals surface area contributed by atoms with E-state index < -0.39 is 10.0 Å². The van der Waals surface area contributed by atoms with Crippen molar-refractivity contribution in [2.45, 2.75) is 42.9 Å². The Labute approximate surface area is 153 Å². The van der Waals surface area contributed by atoms with Crippen LogP contribution < -0.4 is 0 Å². The van der Waals surface area contributed by atoms with Crippen molar-refractivity contribution < 1.29 is 18.3 Å². The number of rotatable bonds is 3. The summed E-state index contributed by atoms with van der Waals surface area (Å²) in [7, 11) is -1.69. The molecule has 1 saturated heterocycles. The van der Waals surface area contributed by atoms with Crippen molar-refractivity contribution in [2.24, 2.45) is 0 Å². The number of hydrogen-bond acceptors (Lipinski definition) is 6. The van der Waals surface area contributed by atoms with E-state index in [1.54, 1.807) is 30.5 Å². The summed E-state index contributed by atoms with van der Waals surface area (Å²) in [4.78, 5) is 2.41. The molecular weight excluding hydrogens is 354 g/mol. The van der Waals surface area contributed by atoms with E-state index in [9.17, 15) is 13.5 Å². The Bertz CT molecular complexity index is 907. The van der Waals surface area contributed by atoms with Crippen molar-refractivity contribution in [2.75, 3.05) is 20.2 Å². The molecule has 8 heteroatoms. The van der Waals surface area contributed by atoms with E-state index >= 15 is 0 Å². The van der Waals surface area contributed by atoms with Crippen LogP contribution in [-0.2, 0) is 27.6 Å². The molecule has 1 aliphatic carbocycles. The molecule has 1 aromatic heterocycles. The van der Waals surface area contributed by atoms with Gasteiger partial charge in [0.05, 0.1) is 29.4 Å². The quantitative estimate of drug-likeness (QED) is 0.843. The summed E-state index contributed by atoms with van der Waals surface area (Å²) in [5, 5.41) is 13.8. The van der Waals surface area contributed by atoms with Crippen molar-refractivity contribution in [3.63, 3.8) is 0 Å². The zero-order valence-corrected chi connectivity index (χ0v) is 15.7. The van der Waals surface area contributed by atoms with Crippen LogP contribution in [0.4, 0.5) is 0 Å². The first-order valence-electron chi connectivity index (χ1n) is 8.74. The van der Waals surface area contributed by atoms with E-state index in [0.717, 1.165) is 20.9 Å². The molecule has 2 aromatic rings. The molecule has 3 unspecified atom stereocenters. The number of morpholine rings is 1. The van der Waals surface area contributed by atoms with E-state index in [0.29, 0.717) is 19.4 Å². The van der Waals surface area contributed by atoms with Gasteiger partial charge in [0.25, 0.3) is 10.0 Å². The Morgan fingerprint density at radius 2 is 2.00 bits per heavy atom. The van der Waals surface area contributed by atoms with E-state index in [4.69, 9.17) is 4.74 Å². The smallest absolute Gasteiger partial charge is 0.282 e. The molecule has 7 nitrogen and oxygen atoms in total. The molecule has 0 radical (unpaired) electrons. The fraction of sp³-hybridized carbons (Fsp3) is 0.500. The third kappa shape index (κ3) is 2.96. The number of fused-ring (bicyclic) bond motifs is 2. The van der Waals surface area contributed by atoms with Crippen molar-refractivity contribution in [3.05, 3.63) is 47.3 Å². The van der Waals surface area contributed by atoms with Crippen molar-refractivity contribution in [1.29, 1.82) is 0 Å². The number of nitrogens with zero attached hydrogens (tertiary/aromatic N) is 3. The predicted molar refractivity (Wildman–Crippen MR) is 95.6 cm³/mol. The van der Waals surface area contributed by atoms with E-state index in [-0.39, 0.29) is 29.8 Å². The van der Waals surface area contributed by atoms with Crippen LogP contribution >= 0.6 is 0 Å². The van der Waals surface area contributed by atoms with Crippen LogP contribution in [0.25, 0.3) is 0 Å². The molecule has 1 fully saturated rings. The number of aliphatic hydroxyl groups excluding tert-OH is 1. The molecule has 140 valence electrons. The van der Waals surface area contributed by atoms with Gasteiger partial charge >= 0.3 is 0 Å². The van der Waals surface area contributed by atoms with Crippen molar-refractivity contribution in [3.8, 4) is 0 Å². The molecule has 0 bridgehead atoms. The Morgan fingerprint density at radius 1 is 1.27 bits per heavy atom. The summed E-state index contributed by atoms with van der Waals surface area (Å²) in [5.41, 5.74) is 2.71. The minimum absolute atomic E-state index is 0.0172. The van der Waals surface area contributed by atoms with Crippen LogP contribution in [0.15, 0.2) is 35.4 Å². The highest BCUT2D eigenvalue weighted by atomic mass is 32.2. The van der Waals surface area contributed by atoms with E-state index in [1.165, 1.54) is 0 Å². The van der Waals surface area contributed by atoms with Crippen LogP contribution in [0, 0.1) is 6.92 Å². The zero-order chi connectivity index (χ0) is 18.5. The van der Waals surface area contributed by atoms with Crippen molar-refractivity contribution in [1.82, 2.24) is 14.1 Å². The van der Waals surface area contributed by atoms with E-state index in [1.807, 2.05) is 14.0 Å². The Kier molecular flexibility index (Phi) is 4.38. The fourth-order valence-corrected chi connectivity index (χ4v) is 4.98. The molecule has 4 rings (SSSR count). The second-order valence-electron chi connectivity index (χ2n) is 7.19. The third-order valence-corrected chi connectivity index (χ3v) is 6.85. The number of benzene rings is 1. The number of aromatic nitrogens is 2. The molecule has 0 saturated carbocycles. The number of likely N-dealkylation sites (N-methyl/N-ethyl adjacent to an activating group) is 1. The van der Waals surface area contributed by atoms with Gasteiger partial charge in [0, 0.05) is 25.2 Å². The van der Waals surface area contributed by atoms with Crippen LogP contribution in [-0.4, -0.2) is 66.1 Å². The molecule has 0 amide bonds. The standard InChI is InChI=1S/C18H23N3O4S/c1-12-3-5-15(6-4-12)26(23,24)21-9-13-7-17-18(8-16(13)19-21)25-14(11-22)10-20(17)2/h3-6,9,14,17-18,22H,7-8,10-11H2,1-2H3. The highest BCUT2D eigenvalue weighted by Crippen LogP contribution is 2.30. The maximum absolute atomic E-state index is 12.9. The topological polar surface area (TPSA) is 84.7 Å². The SMILES string of the molecule is Cc1ccc(S(=O)(=O)n2cc3c(n2)CC2OC(CO)CN(C)C2C3)cc1. The maximum Gasteiger partial charge on any atom is 0.282 e. The van der Waals surface area contributed by atoms with Crippen molar-refractivity contribution >= 4 is 10.0 Å². The predicted octanol–water partition coefficient (Wildman–Crippen LogP) is 0.587. The molecule has 2 heterocycles. The fourth-order valence-electron chi connectivity index (χ4n) is 3.81. The van der Waals surface area contributed by atoms with Gasteiger partial charge in [-0.05, 0) is 38.1 Å². The molecule has 0 spiro atoms. The van der Waals surface area contributed by atoms with Gasteiger partial charge in [0.1, 0.15) is 0 Å². The minimum atomic E-state index is -3.70. The summed E-state index contributed by atoms with van der Waals surface area (Å²) >= 11 is 0. The van der Waals surface area contributed by atoms with Gasteiger partial charge < -0.3 is 9.84 Å². The summed E-state index contributed by atoms with van der Waals surface area (Å²) in [6.45, 7) is 2.57. The number of hydrogen-bond donors (Lipinski definition) is 1. The van der Waals surface area contributed by atoms with Gasteiger partial charge in [0.2, 0.25) is 0 Å². The van der Waals surface area contributed by atoms with Gasteiger partial charge in [-0.2, -0.15) is 17.6 Å². The monoisotopic (exact) mass is 377 g/mol. The Balaban J connectivity index is 1.65. The average Bonchev–Trinajstić information content (AvgIpc) is 3.04. The molecule has 3 atom stereocenters.